The van der Waals surface area contributed by atoms with Gasteiger partial charge in [0.2, 0.25) is 5.43 Å². The molecule has 0 saturated heterocycles. The number of para-hydroxylation sites is 1. The first-order valence-corrected chi connectivity index (χ1v) is 7.05. The van der Waals surface area contributed by atoms with E-state index in [-0.39, 0.29) is 11.0 Å². The minimum atomic E-state index is -1.15. The van der Waals surface area contributed by atoms with Crippen LogP contribution in [0.2, 0.25) is 0 Å². The largest absolute Gasteiger partial charge is 0.456 e. The first kappa shape index (κ1) is 13.1. The average Bonchev–Trinajstić information content (AvgIpc) is 2.92. The van der Waals surface area contributed by atoms with E-state index in [1.54, 1.807) is 19.9 Å². The van der Waals surface area contributed by atoms with Gasteiger partial charge in [-0.05, 0) is 32.0 Å². The molecule has 0 unspecified atom stereocenters. The van der Waals surface area contributed by atoms with Gasteiger partial charge in [-0.2, -0.15) is 0 Å². The minimum absolute atomic E-state index is 0.245. The summed E-state index contributed by atoms with van der Waals surface area (Å²) in [5, 5.41) is 11.7. The highest BCUT2D eigenvalue weighted by Gasteiger charge is 2.25. The van der Waals surface area contributed by atoms with E-state index in [0.717, 1.165) is 16.5 Å². The highest BCUT2D eigenvalue weighted by Crippen LogP contribution is 2.36. The van der Waals surface area contributed by atoms with Crippen LogP contribution in [-0.4, -0.2) is 5.11 Å². The van der Waals surface area contributed by atoms with Crippen LogP contribution in [0.25, 0.3) is 33.3 Å². The van der Waals surface area contributed by atoms with Crippen molar-refractivity contribution in [3.63, 3.8) is 0 Å². The molecule has 0 saturated carbocycles. The standard InChI is InChI=1S/C18H14O4/c1-18(2,20)16-8-12-11-7-10-5-3-4-6-14(10)21-15(11)9-13(19)17(12)22-16/h3-9,20H,1-2H3. The Morgan fingerprint density at radius 1 is 1.05 bits per heavy atom. The zero-order valence-corrected chi connectivity index (χ0v) is 12.2. The molecule has 0 fully saturated rings. The number of fused-ring (bicyclic) bond motifs is 4. The molecule has 0 amide bonds. The molecule has 4 heteroatoms. The number of rotatable bonds is 1. The van der Waals surface area contributed by atoms with Crippen LogP contribution >= 0.6 is 0 Å². The SMILES string of the molecule is CC(C)(O)c1cc2c3cc4ccccc4oc-3cc(=O)c2o1. The summed E-state index contributed by atoms with van der Waals surface area (Å²) in [4.78, 5) is 12.2. The van der Waals surface area contributed by atoms with Gasteiger partial charge in [0.25, 0.3) is 0 Å². The molecule has 4 rings (SSSR count). The number of benzene rings is 2. The normalized spacial score (nSPS) is 12.5. The molecule has 1 aliphatic heterocycles. The van der Waals surface area contributed by atoms with E-state index in [4.69, 9.17) is 8.83 Å². The van der Waals surface area contributed by atoms with Gasteiger partial charge in [0.1, 0.15) is 22.7 Å². The van der Waals surface area contributed by atoms with E-state index in [1.807, 2.05) is 30.3 Å². The zero-order chi connectivity index (χ0) is 15.5. The number of aliphatic hydroxyl groups is 1. The third-order valence-corrected chi connectivity index (χ3v) is 3.82. The fourth-order valence-electron chi connectivity index (χ4n) is 2.67. The molecule has 110 valence electrons. The second-order valence-corrected chi connectivity index (χ2v) is 5.98. The van der Waals surface area contributed by atoms with E-state index >= 15 is 0 Å². The van der Waals surface area contributed by atoms with Crippen molar-refractivity contribution in [3.8, 4) is 11.3 Å². The molecule has 1 aromatic heterocycles. The van der Waals surface area contributed by atoms with Crippen molar-refractivity contribution in [1.82, 2.24) is 0 Å². The van der Waals surface area contributed by atoms with Crippen LogP contribution in [0, 0.1) is 0 Å². The van der Waals surface area contributed by atoms with Crippen molar-refractivity contribution in [3.05, 3.63) is 58.4 Å². The molecular weight excluding hydrogens is 280 g/mol. The minimum Gasteiger partial charge on any atom is -0.456 e. The molecule has 2 heterocycles. The Morgan fingerprint density at radius 2 is 1.82 bits per heavy atom. The maximum Gasteiger partial charge on any atom is 0.225 e. The maximum absolute atomic E-state index is 12.2. The summed E-state index contributed by atoms with van der Waals surface area (Å²) < 4.78 is 11.4. The number of furan rings is 1. The topological polar surface area (TPSA) is 63.6 Å². The molecular formula is C18H14O4. The average molecular weight is 294 g/mol. The summed E-state index contributed by atoms with van der Waals surface area (Å²) in [5.41, 5.74) is 0.367. The second-order valence-electron chi connectivity index (χ2n) is 5.98. The maximum atomic E-state index is 12.2. The van der Waals surface area contributed by atoms with Crippen LogP contribution in [0.3, 0.4) is 0 Å². The Balaban J connectivity index is 2.16. The van der Waals surface area contributed by atoms with Crippen LogP contribution in [0.4, 0.5) is 0 Å². The zero-order valence-electron chi connectivity index (χ0n) is 12.2. The van der Waals surface area contributed by atoms with E-state index in [9.17, 15) is 9.90 Å². The lowest BCUT2D eigenvalue weighted by atomic mass is 10.0. The van der Waals surface area contributed by atoms with Crippen LogP contribution in [0.15, 0.2) is 56.1 Å². The third kappa shape index (κ3) is 1.84. The van der Waals surface area contributed by atoms with Crippen LogP contribution < -0.4 is 5.43 Å². The monoisotopic (exact) mass is 294 g/mol. The quantitative estimate of drug-likeness (QED) is 0.541. The molecule has 0 atom stereocenters. The lowest BCUT2D eigenvalue weighted by molar-refractivity contribution is 0.0558. The van der Waals surface area contributed by atoms with Gasteiger partial charge in [-0.3, -0.25) is 4.79 Å². The van der Waals surface area contributed by atoms with E-state index < -0.39 is 5.60 Å². The molecule has 4 nitrogen and oxygen atoms in total. The number of hydrogen-bond acceptors (Lipinski definition) is 4. The lowest BCUT2D eigenvalue weighted by Gasteiger charge is -2.12. The van der Waals surface area contributed by atoms with Gasteiger partial charge >= 0.3 is 0 Å². The van der Waals surface area contributed by atoms with Crippen molar-refractivity contribution < 1.29 is 13.9 Å². The first-order chi connectivity index (χ1) is 10.4. The molecule has 2 aromatic rings. The molecule has 0 spiro atoms. The highest BCUT2D eigenvalue weighted by atomic mass is 16.4. The predicted octanol–water partition coefficient (Wildman–Crippen LogP) is 3.87. The van der Waals surface area contributed by atoms with Gasteiger partial charge in [0.15, 0.2) is 5.58 Å². The summed E-state index contributed by atoms with van der Waals surface area (Å²) in [6.45, 7) is 3.24. The summed E-state index contributed by atoms with van der Waals surface area (Å²) in [6, 6.07) is 12.7. The van der Waals surface area contributed by atoms with Gasteiger partial charge in [-0.1, -0.05) is 18.2 Å². The summed E-state index contributed by atoms with van der Waals surface area (Å²) >= 11 is 0. The Labute approximate surface area is 125 Å². The van der Waals surface area contributed by atoms with Crippen molar-refractivity contribution in [2.75, 3.05) is 0 Å². The van der Waals surface area contributed by atoms with E-state index in [0.29, 0.717) is 16.9 Å². The Morgan fingerprint density at radius 3 is 2.59 bits per heavy atom. The summed E-state index contributed by atoms with van der Waals surface area (Å²) in [6.07, 6.45) is 0. The molecule has 22 heavy (non-hydrogen) atoms. The van der Waals surface area contributed by atoms with Gasteiger partial charge in [-0.15, -0.1) is 0 Å². The van der Waals surface area contributed by atoms with E-state index in [2.05, 4.69) is 0 Å². The van der Waals surface area contributed by atoms with Crippen molar-refractivity contribution in [2.24, 2.45) is 0 Å². The fourth-order valence-corrected chi connectivity index (χ4v) is 2.67. The Bertz CT molecular complexity index is 1030. The van der Waals surface area contributed by atoms with Gasteiger partial charge in [-0.25, -0.2) is 0 Å². The second kappa shape index (κ2) is 4.21. The lowest BCUT2D eigenvalue weighted by Crippen LogP contribution is -2.13. The molecule has 1 aromatic carbocycles. The Hall–Kier alpha value is -2.59. The third-order valence-electron chi connectivity index (χ3n) is 3.82. The predicted molar refractivity (Wildman–Crippen MR) is 84.1 cm³/mol. The van der Waals surface area contributed by atoms with Crippen LogP contribution in [-0.2, 0) is 5.60 Å². The van der Waals surface area contributed by atoms with Gasteiger partial charge in [0, 0.05) is 22.4 Å². The highest BCUT2D eigenvalue weighted by molar-refractivity contribution is 5.97. The Kier molecular flexibility index (Phi) is 2.51. The first-order valence-electron chi connectivity index (χ1n) is 7.05. The van der Waals surface area contributed by atoms with Gasteiger partial charge < -0.3 is 13.9 Å². The summed E-state index contributed by atoms with van der Waals surface area (Å²) in [5.74, 6) is 0.875. The van der Waals surface area contributed by atoms with Crippen molar-refractivity contribution >= 4 is 21.9 Å². The van der Waals surface area contributed by atoms with Crippen molar-refractivity contribution in [2.45, 2.75) is 19.4 Å². The number of hydrogen-bond donors (Lipinski definition) is 1. The molecule has 1 aliphatic carbocycles. The molecule has 0 bridgehead atoms. The molecule has 0 radical (unpaired) electrons. The van der Waals surface area contributed by atoms with Crippen LogP contribution in [0.5, 0.6) is 0 Å². The van der Waals surface area contributed by atoms with E-state index in [1.165, 1.54) is 6.07 Å². The van der Waals surface area contributed by atoms with Gasteiger partial charge in [0.05, 0.1) is 0 Å². The fraction of sp³-hybridized carbons (Fsp3) is 0.167. The summed E-state index contributed by atoms with van der Waals surface area (Å²) in [7, 11) is 0. The van der Waals surface area contributed by atoms with Crippen molar-refractivity contribution in [1.29, 1.82) is 0 Å². The smallest absolute Gasteiger partial charge is 0.225 e. The van der Waals surface area contributed by atoms with Crippen LogP contribution in [0.1, 0.15) is 19.6 Å². The molecule has 1 N–H and O–H groups in total. The molecule has 2 aliphatic rings.